The molecule has 4 aliphatic rings. The molecule has 0 aromatic carbocycles. The van der Waals surface area contributed by atoms with Gasteiger partial charge in [0.1, 0.15) is 0 Å². The third-order valence-electron chi connectivity index (χ3n) is 4.18. The van der Waals surface area contributed by atoms with Crippen LogP contribution in [0.4, 0.5) is 4.79 Å². The molecule has 4 fully saturated rings. The van der Waals surface area contributed by atoms with Crippen LogP contribution in [-0.4, -0.2) is 36.0 Å². The van der Waals surface area contributed by atoms with Crippen molar-refractivity contribution >= 4 is 11.9 Å². The molecule has 4 unspecified atom stereocenters. The fourth-order valence-electron chi connectivity index (χ4n) is 3.65. The van der Waals surface area contributed by atoms with Crippen molar-refractivity contribution in [2.45, 2.75) is 37.8 Å². The standard InChI is InChI=1S/C11H15NO3/c1-15-11(14)12-8-3-6-2-7(5-8)10(13)9(12)4-6/h6-9H,2-5H2,1H3. The summed E-state index contributed by atoms with van der Waals surface area (Å²) in [5.41, 5.74) is 0. The zero-order chi connectivity index (χ0) is 10.6. The Morgan fingerprint density at radius 2 is 2.13 bits per heavy atom. The minimum absolute atomic E-state index is 0.173. The zero-order valence-corrected chi connectivity index (χ0v) is 8.81. The van der Waals surface area contributed by atoms with Gasteiger partial charge in [-0.2, -0.15) is 0 Å². The molecule has 0 radical (unpaired) electrons. The number of methoxy groups -OCH3 is 1. The Hall–Kier alpha value is -1.06. The largest absolute Gasteiger partial charge is 0.453 e. The van der Waals surface area contributed by atoms with E-state index in [0.29, 0.717) is 5.92 Å². The van der Waals surface area contributed by atoms with Crippen molar-refractivity contribution in [2.75, 3.05) is 7.11 Å². The molecule has 4 atom stereocenters. The molecular formula is C11H15NO3. The van der Waals surface area contributed by atoms with E-state index in [1.807, 2.05) is 0 Å². The van der Waals surface area contributed by atoms with Crippen LogP contribution in [0.15, 0.2) is 0 Å². The van der Waals surface area contributed by atoms with E-state index in [2.05, 4.69) is 0 Å². The second-order valence-electron chi connectivity index (χ2n) is 4.96. The highest BCUT2D eigenvalue weighted by molar-refractivity contribution is 5.91. The van der Waals surface area contributed by atoms with Gasteiger partial charge >= 0.3 is 6.09 Å². The summed E-state index contributed by atoms with van der Waals surface area (Å²) in [4.78, 5) is 25.2. The number of carbonyl (C=O) groups excluding carboxylic acids is 2. The highest BCUT2D eigenvalue weighted by Crippen LogP contribution is 2.47. The number of hydrogen-bond acceptors (Lipinski definition) is 3. The van der Waals surface area contributed by atoms with E-state index in [1.54, 1.807) is 4.90 Å². The Balaban J connectivity index is 1.92. The average molecular weight is 209 g/mol. The second-order valence-corrected chi connectivity index (χ2v) is 4.96. The van der Waals surface area contributed by atoms with Gasteiger partial charge in [0.25, 0.3) is 0 Å². The number of carbonyl (C=O) groups is 2. The maximum Gasteiger partial charge on any atom is 0.410 e. The van der Waals surface area contributed by atoms with Gasteiger partial charge in [0.15, 0.2) is 5.78 Å². The molecule has 2 aliphatic heterocycles. The van der Waals surface area contributed by atoms with Crippen molar-refractivity contribution in [1.82, 2.24) is 4.90 Å². The topological polar surface area (TPSA) is 46.6 Å². The number of Topliss-reactive ketones (excluding diaryl/α,β-unsaturated/α-hetero) is 1. The fraction of sp³-hybridized carbons (Fsp3) is 0.818. The SMILES string of the molecule is COC(=O)N1C2CC3CC(C2)C(=O)C1C3. The molecule has 2 heterocycles. The summed E-state index contributed by atoms with van der Waals surface area (Å²) in [6.07, 6.45) is 3.52. The number of nitrogens with zero attached hydrogens (tertiary/aromatic N) is 1. The number of rotatable bonds is 0. The normalized spacial score (nSPS) is 42.2. The van der Waals surface area contributed by atoms with E-state index in [1.165, 1.54) is 7.11 Å². The van der Waals surface area contributed by atoms with Gasteiger partial charge in [-0.25, -0.2) is 4.79 Å². The lowest BCUT2D eigenvalue weighted by atomic mass is 9.63. The molecule has 15 heavy (non-hydrogen) atoms. The van der Waals surface area contributed by atoms with Crippen molar-refractivity contribution in [3.63, 3.8) is 0 Å². The van der Waals surface area contributed by atoms with Crippen LogP contribution in [0.5, 0.6) is 0 Å². The monoisotopic (exact) mass is 209 g/mol. The van der Waals surface area contributed by atoms with Crippen molar-refractivity contribution in [3.05, 3.63) is 0 Å². The first-order valence-corrected chi connectivity index (χ1v) is 5.60. The van der Waals surface area contributed by atoms with Gasteiger partial charge in [0, 0.05) is 12.0 Å². The molecule has 0 N–H and O–H groups in total. The van der Waals surface area contributed by atoms with Crippen LogP contribution in [0.25, 0.3) is 0 Å². The van der Waals surface area contributed by atoms with E-state index < -0.39 is 0 Å². The molecule has 82 valence electrons. The molecule has 4 rings (SSSR count). The van der Waals surface area contributed by atoms with E-state index in [9.17, 15) is 9.59 Å². The van der Waals surface area contributed by atoms with Gasteiger partial charge in [-0.3, -0.25) is 9.69 Å². The van der Waals surface area contributed by atoms with Crippen LogP contribution in [0, 0.1) is 11.8 Å². The van der Waals surface area contributed by atoms with Gasteiger partial charge < -0.3 is 4.74 Å². The van der Waals surface area contributed by atoms with Gasteiger partial charge in [0.2, 0.25) is 0 Å². The number of ether oxygens (including phenoxy) is 1. The quantitative estimate of drug-likeness (QED) is 0.602. The molecule has 2 aliphatic carbocycles. The van der Waals surface area contributed by atoms with Crippen molar-refractivity contribution in [2.24, 2.45) is 11.8 Å². The minimum atomic E-state index is -0.322. The first-order valence-electron chi connectivity index (χ1n) is 5.60. The molecule has 4 heteroatoms. The third kappa shape index (κ3) is 1.13. The highest BCUT2D eigenvalue weighted by Gasteiger charge is 2.53. The Bertz CT molecular complexity index is 328. The van der Waals surface area contributed by atoms with Crippen LogP contribution in [0.2, 0.25) is 0 Å². The summed E-state index contributed by atoms with van der Waals surface area (Å²) in [5, 5.41) is 0. The molecule has 4 bridgehead atoms. The Morgan fingerprint density at radius 1 is 1.33 bits per heavy atom. The van der Waals surface area contributed by atoms with Crippen molar-refractivity contribution in [1.29, 1.82) is 0 Å². The molecular weight excluding hydrogens is 194 g/mol. The molecule has 0 spiro atoms. The molecule has 2 saturated heterocycles. The summed E-state index contributed by atoms with van der Waals surface area (Å²) >= 11 is 0. The van der Waals surface area contributed by atoms with Crippen LogP contribution < -0.4 is 0 Å². The Labute approximate surface area is 88.6 Å². The third-order valence-corrected chi connectivity index (χ3v) is 4.18. The Kier molecular flexibility index (Phi) is 1.82. The molecule has 0 aromatic rings. The summed E-state index contributed by atoms with van der Waals surface area (Å²) < 4.78 is 4.76. The number of hydrogen-bond donors (Lipinski definition) is 0. The van der Waals surface area contributed by atoms with Crippen molar-refractivity contribution in [3.8, 4) is 0 Å². The number of piperidine rings is 2. The zero-order valence-electron chi connectivity index (χ0n) is 8.81. The van der Waals surface area contributed by atoms with Crippen LogP contribution in [-0.2, 0) is 9.53 Å². The predicted octanol–water partition coefficient (Wildman–Crippen LogP) is 1.19. The smallest absolute Gasteiger partial charge is 0.410 e. The maximum atomic E-state index is 12.0. The van der Waals surface area contributed by atoms with Gasteiger partial charge in [-0.15, -0.1) is 0 Å². The molecule has 2 saturated carbocycles. The molecule has 1 amide bonds. The lowest BCUT2D eigenvalue weighted by Gasteiger charge is -2.54. The van der Waals surface area contributed by atoms with E-state index >= 15 is 0 Å². The number of amides is 1. The van der Waals surface area contributed by atoms with Crippen LogP contribution in [0.1, 0.15) is 25.7 Å². The average Bonchev–Trinajstić information content (AvgIpc) is 2.24. The van der Waals surface area contributed by atoms with Gasteiger partial charge in [-0.05, 0) is 31.6 Å². The van der Waals surface area contributed by atoms with E-state index in [-0.39, 0.29) is 29.9 Å². The highest BCUT2D eigenvalue weighted by atomic mass is 16.5. The maximum absolute atomic E-state index is 12.0. The Morgan fingerprint density at radius 3 is 2.87 bits per heavy atom. The van der Waals surface area contributed by atoms with E-state index in [4.69, 9.17) is 4.74 Å². The minimum Gasteiger partial charge on any atom is -0.453 e. The second kappa shape index (κ2) is 2.97. The van der Waals surface area contributed by atoms with Gasteiger partial charge in [0.05, 0.1) is 13.2 Å². The predicted molar refractivity (Wildman–Crippen MR) is 52.3 cm³/mol. The summed E-state index contributed by atoms with van der Waals surface area (Å²) in [6, 6.07) is 0.0892. The summed E-state index contributed by atoms with van der Waals surface area (Å²) in [6.45, 7) is 0. The van der Waals surface area contributed by atoms with E-state index in [0.717, 1.165) is 25.7 Å². The summed E-state index contributed by atoms with van der Waals surface area (Å²) in [7, 11) is 1.39. The van der Waals surface area contributed by atoms with Crippen molar-refractivity contribution < 1.29 is 14.3 Å². The fourth-order valence-corrected chi connectivity index (χ4v) is 3.65. The lowest BCUT2D eigenvalue weighted by Crippen LogP contribution is -2.64. The van der Waals surface area contributed by atoms with Gasteiger partial charge in [-0.1, -0.05) is 0 Å². The first kappa shape index (κ1) is 9.19. The first-order chi connectivity index (χ1) is 7.20. The van der Waals surface area contributed by atoms with Crippen LogP contribution >= 0.6 is 0 Å². The molecule has 4 nitrogen and oxygen atoms in total. The molecule has 0 aromatic heterocycles. The lowest BCUT2D eigenvalue weighted by molar-refractivity contribution is -0.145. The summed E-state index contributed by atoms with van der Waals surface area (Å²) in [5.74, 6) is 1.17. The number of ketones is 1. The van der Waals surface area contributed by atoms with Crippen LogP contribution in [0.3, 0.4) is 0 Å².